The second-order valence-corrected chi connectivity index (χ2v) is 9.63. The molecule has 1 amide bonds. The smallest absolute Gasteiger partial charge is 0.404 e. The van der Waals surface area contributed by atoms with E-state index in [9.17, 15) is 13.2 Å². The van der Waals surface area contributed by atoms with Crippen LogP contribution in [-0.2, 0) is 9.84 Å². The van der Waals surface area contributed by atoms with Crippen molar-refractivity contribution in [3.05, 3.63) is 36.4 Å². The Morgan fingerprint density at radius 2 is 1.96 bits per heavy atom. The van der Waals surface area contributed by atoms with Crippen LogP contribution in [0.4, 0.5) is 4.79 Å². The van der Waals surface area contributed by atoms with Crippen molar-refractivity contribution < 1.29 is 18.3 Å². The molecule has 3 atom stereocenters. The fourth-order valence-corrected chi connectivity index (χ4v) is 5.43. The predicted molar refractivity (Wildman–Crippen MR) is 108 cm³/mol. The van der Waals surface area contributed by atoms with Gasteiger partial charge in [-0.2, -0.15) is 0 Å². The first-order chi connectivity index (χ1) is 12.6. The van der Waals surface area contributed by atoms with E-state index in [-0.39, 0.29) is 28.6 Å². The van der Waals surface area contributed by atoms with Crippen molar-refractivity contribution in [1.82, 2.24) is 10.2 Å². The average Bonchev–Trinajstić information content (AvgIpc) is 2.62. The van der Waals surface area contributed by atoms with Crippen LogP contribution in [0.5, 0.6) is 0 Å². The van der Waals surface area contributed by atoms with Crippen molar-refractivity contribution in [2.75, 3.05) is 12.8 Å². The predicted octanol–water partition coefficient (Wildman–Crippen LogP) is 3.25. The van der Waals surface area contributed by atoms with Gasteiger partial charge in [0.15, 0.2) is 9.84 Å². The lowest BCUT2D eigenvalue weighted by Crippen LogP contribution is -2.50. The Labute approximate surface area is 162 Å². The maximum absolute atomic E-state index is 12.9. The molecule has 7 heteroatoms. The Bertz CT molecular complexity index is 759. The summed E-state index contributed by atoms with van der Waals surface area (Å²) in [4.78, 5) is 13.7. The molecule has 150 valence electrons. The van der Waals surface area contributed by atoms with Crippen LogP contribution in [0.15, 0.2) is 35.7 Å². The number of nitrogens with one attached hydrogen (secondary N) is 1. The molecule has 6 nitrogen and oxygen atoms in total. The van der Waals surface area contributed by atoms with Crippen LogP contribution in [0, 0.1) is 5.92 Å². The Morgan fingerprint density at radius 3 is 2.48 bits per heavy atom. The highest BCUT2D eigenvalue weighted by Gasteiger charge is 2.36. The van der Waals surface area contributed by atoms with Gasteiger partial charge in [-0.3, -0.25) is 0 Å². The van der Waals surface area contributed by atoms with E-state index in [4.69, 9.17) is 5.11 Å². The summed E-state index contributed by atoms with van der Waals surface area (Å²) in [5.41, 5.74) is 0.857. The lowest BCUT2D eigenvalue weighted by Gasteiger charge is -2.41. The molecule has 1 fully saturated rings. The summed E-state index contributed by atoms with van der Waals surface area (Å²) in [6.07, 6.45) is 2.71. The van der Waals surface area contributed by atoms with E-state index >= 15 is 0 Å². The van der Waals surface area contributed by atoms with Crippen LogP contribution >= 0.6 is 0 Å². The first kappa shape index (κ1) is 21.4. The number of carbonyl (C=O) groups is 1. The number of benzene rings is 1. The topological polar surface area (TPSA) is 86.7 Å². The fourth-order valence-electron chi connectivity index (χ4n) is 3.75. The quantitative estimate of drug-likeness (QED) is 0.741. The fraction of sp³-hybridized carbons (Fsp3) is 0.550. The maximum Gasteiger partial charge on any atom is 0.404 e. The summed E-state index contributed by atoms with van der Waals surface area (Å²) >= 11 is 0. The highest BCUT2D eigenvalue weighted by Crippen LogP contribution is 2.31. The highest BCUT2D eigenvalue weighted by molar-refractivity contribution is 7.91. The van der Waals surface area contributed by atoms with Crippen LogP contribution in [0.1, 0.15) is 38.7 Å². The Hall–Kier alpha value is -1.86. The van der Waals surface area contributed by atoms with Crippen LogP contribution in [-0.4, -0.2) is 55.4 Å². The number of carboxylic acid groups (broad SMARTS) is 1. The molecule has 2 N–H and O–H groups in total. The summed E-state index contributed by atoms with van der Waals surface area (Å²) in [6.45, 7) is 7.89. The molecule has 0 spiro atoms. The lowest BCUT2D eigenvalue weighted by atomic mass is 9.81. The number of rotatable bonds is 7. The van der Waals surface area contributed by atoms with Crippen molar-refractivity contribution in [2.24, 2.45) is 5.92 Å². The van der Waals surface area contributed by atoms with E-state index < -0.39 is 15.9 Å². The molecular formula is C20H30N2O4S. The van der Waals surface area contributed by atoms with E-state index in [1.807, 2.05) is 7.05 Å². The molecule has 2 rings (SSSR count). The molecule has 0 bridgehead atoms. The highest BCUT2D eigenvalue weighted by atomic mass is 32.2. The van der Waals surface area contributed by atoms with Crippen molar-refractivity contribution in [1.29, 1.82) is 0 Å². The van der Waals surface area contributed by atoms with Crippen LogP contribution < -0.4 is 5.32 Å². The summed E-state index contributed by atoms with van der Waals surface area (Å²) in [7, 11) is -1.47. The van der Waals surface area contributed by atoms with Gasteiger partial charge in [-0.15, -0.1) is 0 Å². The Morgan fingerprint density at radius 1 is 1.33 bits per heavy atom. The maximum atomic E-state index is 12.9. The van der Waals surface area contributed by atoms with Gasteiger partial charge in [-0.1, -0.05) is 24.8 Å². The molecule has 0 aliphatic heterocycles. The summed E-state index contributed by atoms with van der Waals surface area (Å²) in [5.74, 6) is -0.321. The van der Waals surface area contributed by atoms with Gasteiger partial charge in [-0.05, 0) is 63.8 Å². The minimum atomic E-state index is -3.51. The number of amides is 1. The molecule has 1 aromatic carbocycles. The zero-order chi connectivity index (χ0) is 20.2. The van der Waals surface area contributed by atoms with Gasteiger partial charge >= 0.3 is 6.09 Å². The monoisotopic (exact) mass is 394 g/mol. The summed E-state index contributed by atoms with van der Waals surface area (Å²) in [5, 5.41) is 11.7. The zero-order valence-electron chi connectivity index (χ0n) is 16.3. The largest absolute Gasteiger partial charge is 0.465 e. The minimum absolute atomic E-state index is 0.0617. The van der Waals surface area contributed by atoms with E-state index in [0.29, 0.717) is 18.9 Å². The third kappa shape index (κ3) is 5.56. The Kier molecular flexibility index (Phi) is 7.06. The molecule has 0 aromatic heterocycles. The van der Waals surface area contributed by atoms with Gasteiger partial charge in [-0.25, -0.2) is 13.2 Å². The second kappa shape index (κ2) is 8.89. The average molecular weight is 395 g/mol. The number of nitrogens with zero attached hydrogens (tertiary/aromatic N) is 1. The number of hydrogen-bond acceptors (Lipinski definition) is 4. The van der Waals surface area contributed by atoms with Gasteiger partial charge in [0.1, 0.15) is 0 Å². The number of hydrogen-bond donors (Lipinski definition) is 2. The molecule has 0 heterocycles. The molecule has 0 saturated heterocycles. The van der Waals surface area contributed by atoms with Crippen molar-refractivity contribution in [3.63, 3.8) is 0 Å². The van der Waals surface area contributed by atoms with Crippen LogP contribution in [0.25, 0.3) is 6.08 Å². The van der Waals surface area contributed by atoms with Crippen molar-refractivity contribution in [2.45, 2.75) is 56.1 Å². The molecule has 3 unspecified atom stereocenters. The van der Waals surface area contributed by atoms with Crippen molar-refractivity contribution in [3.8, 4) is 0 Å². The van der Waals surface area contributed by atoms with Gasteiger partial charge in [0.25, 0.3) is 0 Å². The second-order valence-electron chi connectivity index (χ2n) is 7.60. The molecule has 1 aliphatic rings. The van der Waals surface area contributed by atoms with Gasteiger partial charge < -0.3 is 15.3 Å². The summed E-state index contributed by atoms with van der Waals surface area (Å²) in [6, 6.07) is 6.88. The van der Waals surface area contributed by atoms with E-state index in [0.717, 1.165) is 12.0 Å². The third-order valence-electron chi connectivity index (χ3n) is 5.56. The normalized spacial score (nSPS) is 23.4. The molecular weight excluding hydrogens is 364 g/mol. The first-order valence-electron chi connectivity index (χ1n) is 9.30. The zero-order valence-corrected chi connectivity index (χ0v) is 17.1. The van der Waals surface area contributed by atoms with E-state index in [2.05, 4.69) is 30.6 Å². The third-order valence-corrected chi connectivity index (χ3v) is 7.42. The molecule has 1 aromatic rings. The van der Waals surface area contributed by atoms with Gasteiger partial charge in [0, 0.05) is 18.1 Å². The summed E-state index contributed by atoms with van der Waals surface area (Å²) < 4.78 is 25.9. The van der Waals surface area contributed by atoms with E-state index in [1.54, 1.807) is 30.3 Å². The van der Waals surface area contributed by atoms with E-state index in [1.165, 1.54) is 0 Å². The standard InChI is InChI=1S/C20H30N2O4S/c1-5-15-6-9-18(10-7-15)27(25,26)13-16-12-17(22(4)14(2)3)8-11-19(16)21-20(23)24/h5-7,9-10,14,16-17,19,21H,1,8,11-13H2,2-4H3,(H,23,24). The SMILES string of the molecule is C=Cc1ccc(S(=O)(=O)CC2CC(N(C)C(C)C)CCC2NC(=O)O)cc1. The minimum Gasteiger partial charge on any atom is -0.465 e. The van der Waals surface area contributed by atoms with Gasteiger partial charge in [0.05, 0.1) is 10.6 Å². The number of sulfone groups is 1. The van der Waals surface area contributed by atoms with Crippen molar-refractivity contribution >= 4 is 22.0 Å². The molecule has 27 heavy (non-hydrogen) atoms. The Balaban J connectivity index is 2.22. The van der Waals surface area contributed by atoms with Crippen LogP contribution in [0.3, 0.4) is 0 Å². The first-order valence-corrected chi connectivity index (χ1v) is 11.0. The molecule has 1 aliphatic carbocycles. The lowest BCUT2D eigenvalue weighted by molar-refractivity contribution is 0.112. The van der Waals surface area contributed by atoms with Crippen LogP contribution in [0.2, 0.25) is 0 Å². The molecule has 1 saturated carbocycles. The molecule has 0 radical (unpaired) electrons. The van der Waals surface area contributed by atoms with Gasteiger partial charge in [0.2, 0.25) is 0 Å².